The molecular weight excluding hydrogens is 266 g/mol. The number of benzene rings is 1. The molecular formula is C16H21N3O2. The van der Waals surface area contributed by atoms with Crippen LogP contribution in [-0.2, 0) is 4.79 Å². The van der Waals surface area contributed by atoms with Gasteiger partial charge in [0.05, 0.1) is 5.54 Å². The molecule has 0 spiro atoms. The van der Waals surface area contributed by atoms with Gasteiger partial charge in [0.15, 0.2) is 0 Å². The summed E-state index contributed by atoms with van der Waals surface area (Å²) in [5, 5.41) is 0. The van der Waals surface area contributed by atoms with Crippen molar-refractivity contribution in [3.63, 3.8) is 0 Å². The van der Waals surface area contributed by atoms with Crippen molar-refractivity contribution in [2.45, 2.75) is 25.3 Å². The molecule has 2 N–H and O–H groups in total. The predicted octanol–water partition coefficient (Wildman–Crippen LogP) is 0.771. The van der Waals surface area contributed by atoms with Gasteiger partial charge in [-0.15, -0.1) is 0 Å². The van der Waals surface area contributed by atoms with Crippen LogP contribution in [0.2, 0.25) is 0 Å². The summed E-state index contributed by atoms with van der Waals surface area (Å²) in [6.07, 6.45) is 1.57. The summed E-state index contributed by atoms with van der Waals surface area (Å²) in [6, 6.07) is 7.60. The molecule has 5 nitrogen and oxygen atoms in total. The van der Waals surface area contributed by atoms with Crippen molar-refractivity contribution in [1.29, 1.82) is 0 Å². The van der Waals surface area contributed by atoms with Crippen LogP contribution in [0.1, 0.15) is 28.8 Å². The maximum absolute atomic E-state index is 12.4. The zero-order valence-electron chi connectivity index (χ0n) is 12.3. The molecule has 1 saturated heterocycles. The van der Waals surface area contributed by atoms with Gasteiger partial charge in [-0.1, -0.05) is 17.7 Å². The Morgan fingerprint density at radius 1 is 1.00 bits per heavy atom. The number of hydrogen-bond donors (Lipinski definition) is 1. The summed E-state index contributed by atoms with van der Waals surface area (Å²) in [6.45, 7) is 4.31. The Labute approximate surface area is 124 Å². The van der Waals surface area contributed by atoms with Crippen molar-refractivity contribution in [3.05, 3.63) is 35.4 Å². The van der Waals surface area contributed by atoms with Crippen LogP contribution in [0.4, 0.5) is 0 Å². The van der Waals surface area contributed by atoms with Crippen LogP contribution in [0.5, 0.6) is 0 Å². The molecule has 2 aliphatic rings. The van der Waals surface area contributed by atoms with Crippen molar-refractivity contribution in [2.75, 3.05) is 26.2 Å². The molecule has 0 radical (unpaired) electrons. The summed E-state index contributed by atoms with van der Waals surface area (Å²) in [7, 11) is 0. The van der Waals surface area contributed by atoms with Gasteiger partial charge >= 0.3 is 0 Å². The summed E-state index contributed by atoms with van der Waals surface area (Å²) in [5.41, 5.74) is 7.19. The van der Waals surface area contributed by atoms with Crippen LogP contribution >= 0.6 is 0 Å². The number of carbonyl (C=O) groups excluding carboxylic acids is 2. The normalized spacial score (nSPS) is 20.3. The Morgan fingerprint density at radius 3 is 2.05 bits per heavy atom. The van der Waals surface area contributed by atoms with Crippen LogP contribution in [0, 0.1) is 6.92 Å². The number of aryl methyl sites for hydroxylation is 1. The second-order valence-corrected chi connectivity index (χ2v) is 6.11. The molecule has 1 aromatic carbocycles. The molecule has 112 valence electrons. The quantitative estimate of drug-likeness (QED) is 0.873. The highest BCUT2D eigenvalue weighted by Gasteiger charge is 2.48. The SMILES string of the molecule is Cc1ccc(C(=O)N2CCN(C(=O)C3(N)CC3)CC2)cc1. The first kappa shape index (κ1) is 14.1. The Morgan fingerprint density at radius 2 is 1.52 bits per heavy atom. The first-order chi connectivity index (χ1) is 9.99. The molecule has 2 fully saturated rings. The molecule has 1 aromatic rings. The lowest BCUT2D eigenvalue weighted by atomic mass is 10.1. The molecule has 1 heterocycles. The van der Waals surface area contributed by atoms with Crippen molar-refractivity contribution in [2.24, 2.45) is 5.73 Å². The van der Waals surface area contributed by atoms with E-state index in [1.165, 1.54) is 0 Å². The van der Waals surface area contributed by atoms with Gasteiger partial charge in [-0.25, -0.2) is 0 Å². The standard InChI is InChI=1S/C16H21N3O2/c1-12-2-4-13(5-3-12)14(20)18-8-10-19(11-9-18)15(21)16(17)6-7-16/h2-5H,6-11,17H2,1H3. The average Bonchev–Trinajstić information content (AvgIpc) is 3.26. The Balaban J connectivity index is 1.59. The van der Waals surface area contributed by atoms with Gasteiger partial charge in [0.2, 0.25) is 5.91 Å². The molecule has 21 heavy (non-hydrogen) atoms. The summed E-state index contributed by atoms with van der Waals surface area (Å²) >= 11 is 0. The lowest BCUT2D eigenvalue weighted by Crippen LogP contribution is -2.55. The molecule has 3 rings (SSSR count). The highest BCUT2D eigenvalue weighted by Crippen LogP contribution is 2.34. The Bertz CT molecular complexity index is 555. The molecule has 1 aliphatic heterocycles. The monoisotopic (exact) mass is 287 g/mol. The van der Waals surface area contributed by atoms with Gasteiger partial charge < -0.3 is 15.5 Å². The van der Waals surface area contributed by atoms with Crippen LogP contribution in [0.3, 0.4) is 0 Å². The molecule has 5 heteroatoms. The molecule has 0 unspecified atom stereocenters. The topological polar surface area (TPSA) is 66.6 Å². The van der Waals surface area contributed by atoms with E-state index in [1.54, 1.807) is 4.90 Å². The second kappa shape index (κ2) is 5.15. The van der Waals surface area contributed by atoms with E-state index in [9.17, 15) is 9.59 Å². The fourth-order valence-corrected chi connectivity index (χ4v) is 2.65. The van der Waals surface area contributed by atoms with Gasteiger partial charge in [0, 0.05) is 31.7 Å². The number of hydrogen-bond acceptors (Lipinski definition) is 3. The second-order valence-electron chi connectivity index (χ2n) is 6.11. The third-order valence-corrected chi connectivity index (χ3v) is 4.37. The summed E-state index contributed by atoms with van der Waals surface area (Å²) in [4.78, 5) is 28.2. The number of amides is 2. The van der Waals surface area contributed by atoms with E-state index in [0.717, 1.165) is 18.4 Å². The number of nitrogens with two attached hydrogens (primary N) is 1. The van der Waals surface area contributed by atoms with Crippen LogP contribution in [0.15, 0.2) is 24.3 Å². The third kappa shape index (κ3) is 2.78. The van der Waals surface area contributed by atoms with Crippen molar-refractivity contribution in [1.82, 2.24) is 9.80 Å². The highest BCUT2D eigenvalue weighted by atomic mass is 16.2. The van der Waals surface area contributed by atoms with E-state index in [1.807, 2.05) is 36.1 Å². The van der Waals surface area contributed by atoms with Gasteiger partial charge in [0.1, 0.15) is 0 Å². The fraction of sp³-hybridized carbons (Fsp3) is 0.500. The molecule has 0 aromatic heterocycles. The molecule has 1 saturated carbocycles. The predicted molar refractivity (Wildman–Crippen MR) is 79.8 cm³/mol. The van der Waals surface area contributed by atoms with Gasteiger partial charge in [-0.05, 0) is 31.9 Å². The van der Waals surface area contributed by atoms with Gasteiger partial charge in [-0.3, -0.25) is 9.59 Å². The van der Waals surface area contributed by atoms with E-state index in [2.05, 4.69) is 0 Å². The zero-order chi connectivity index (χ0) is 15.0. The molecule has 2 amide bonds. The summed E-state index contributed by atoms with van der Waals surface area (Å²) in [5.74, 6) is 0.0842. The first-order valence-corrected chi connectivity index (χ1v) is 7.44. The van der Waals surface area contributed by atoms with Crippen molar-refractivity contribution in [3.8, 4) is 0 Å². The fourth-order valence-electron chi connectivity index (χ4n) is 2.65. The largest absolute Gasteiger partial charge is 0.338 e. The van der Waals surface area contributed by atoms with Gasteiger partial charge in [-0.2, -0.15) is 0 Å². The molecule has 0 atom stereocenters. The smallest absolute Gasteiger partial charge is 0.253 e. The first-order valence-electron chi connectivity index (χ1n) is 7.44. The zero-order valence-corrected chi connectivity index (χ0v) is 12.3. The molecule has 0 bridgehead atoms. The van der Waals surface area contributed by atoms with E-state index in [-0.39, 0.29) is 11.8 Å². The van der Waals surface area contributed by atoms with E-state index < -0.39 is 5.54 Å². The highest BCUT2D eigenvalue weighted by molar-refractivity contribution is 5.94. The van der Waals surface area contributed by atoms with E-state index in [0.29, 0.717) is 31.7 Å². The van der Waals surface area contributed by atoms with E-state index in [4.69, 9.17) is 5.73 Å². The minimum absolute atomic E-state index is 0.0379. The Kier molecular flexibility index (Phi) is 3.45. The van der Waals surface area contributed by atoms with Crippen LogP contribution < -0.4 is 5.73 Å². The lowest BCUT2D eigenvalue weighted by molar-refractivity contribution is -0.135. The van der Waals surface area contributed by atoms with E-state index >= 15 is 0 Å². The van der Waals surface area contributed by atoms with Crippen LogP contribution in [-0.4, -0.2) is 53.3 Å². The maximum atomic E-state index is 12.4. The van der Waals surface area contributed by atoms with Crippen LogP contribution in [0.25, 0.3) is 0 Å². The average molecular weight is 287 g/mol. The Hall–Kier alpha value is -1.88. The number of rotatable bonds is 2. The van der Waals surface area contributed by atoms with Crippen molar-refractivity contribution >= 4 is 11.8 Å². The third-order valence-electron chi connectivity index (χ3n) is 4.37. The summed E-state index contributed by atoms with van der Waals surface area (Å²) < 4.78 is 0. The van der Waals surface area contributed by atoms with Crippen molar-refractivity contribution < 1.29 is 9.59 Å². The van der Waals surface area contributed by atoms with Gasteiger partial charge in [0.25, 0.3) is 5.91 Å². The maximum Gasteiger partial charge on any atom is 0.253 e. The minimum Gasteiger partial charge on any atom is -0.338 e. The number of piperazine rings is 1. The molecule has 1 aliphatic carbocycles. The number of carbonyl (C=O) groups is 2. The minimum atomic E-state index is -0.608. The number of nitrogens with zero attached hydrogens (tertiary/aromatic N) is 2. The lowest BCUT2D eigenvalue weighted by Gasteiger charge is -2.36.